The minimum absolute atomic E-state index is 0.0488. The van der Waals surface area contributed by atoms with E-state index in [0.717, 1.165) is 5.56 Å². The Bertz CT molecular complexity index is 867. The van der Waals surface area contributed by atoms with Crippen LogP contribution >= 0.6 is 11.6 Å². The van der Waals surface area contributed by atoms with Gasteiger partial charge in [-0.15, -0.1) is 0 Å². The molecule has 1 fully saturated rings. The summed E-state index contributed by atoms with van der Waals surface area (Å²) in [6.07, 6.45) is 4.17. The van der Waals surface area contributed by atoms with E-state index >= 15 is 0 Å². The minimum Gasteiger partial charge on any atom is -0.383 e. The quantitative estimate of drug-likeness (QED) is 0.714. The number of methoxy groups -OCH3 is 1. The highest BCUT2D eigenvalue weighted by Gasteiger charge is 2.41. The SMILES string of the molecule is COCCN1C(=O)C[C@@H](CNC(=O)c2cccc(Cl)c2)[C@@H]1c1cnn(C(C)C)c1. The number of aromatic nitrogens is 2. The number of hydrogen-bond donors (Lipinski definition) is 1. The van der Waals surface area contributed by atoms with E-state index in [1.165, 1.54) is 0 Å². The number of hydrogen-bond acceptors (Lipinski definition) is 4. The molecule has 1 N–H and O–H groups in total. The van der Waals surface area contributed by atoms with Gasteiger partial charge in [0.2, 0.25) is 5.91 Å². The Kier molecular flexibility index (Phi) is 6.92. The minimum atomic E-state index is -0.202. The standard InChI is InChI=1S/C21H27ClN4O3/c1-14(2)26-13-17(12-24-26)20-16(10-19(27)25(20)7-8-29-3)11-23-21(28)15-5-4-6-18(22)9-15/h4-6,9,12-14,16,20H,7-8,10-11H2,1-3H3,(H,23,28)/t16-,20+/m0/s1. The Morgan fingerprint density at radius 3 is 2.86 bits per heavy atom. The van der Waals surface area contributed by atoms with Crippen molar-refractivity contribution in [2.24, 2.45) is 5.92 Å². The molecule has 0 radical (unpaired) electrons. The van der Waals surface area contributed by atoms with Crippen LogP contribution in [-0.2, 0) is 9.53 Å². The van der Waals surface area contributed by atoms with Gasteiger partial charge in [-0.2, -0.15) is 5.10 Å². The molecule has 2 amide bonds. The van der Waals surface area contributed by atoms with Crippen LogP contribution in [-0.4, -0.2) is 53.3 Å². The lowest BCUT2D eigenvalue weighted by molar-refractivity contribution is -0.129. The maximum atomic E-state index is 12.7. The molecule has 29 heavy (non-hydrogen) atoms. The van der Waals surface area contributed by atoms with Crippen LogP contribution in [0.2, 0.25) is 5.02 Å². The van der Waals surface area contributed by atoms with E-state index in [2.05, 4.69) is 24.3 Å². The molecular weight excluding hydrogens is 392 g/mol. The maximum absolute atomic E-state index is 12.7. The molecule has 1 aliphatic rings. The van der Waals surface area contributed by atoms with Crippen molar-refractivity contribution in [3.63, 3.8) is 0 Å². The Morgan fingerprint density at radius 2 is 2.21 bits per heavy atom. The second kappa shape index (κ2) is 9.41. The van der Waals surface area contributed by atoms with E-state index in [1.54, 1.807) is 31.4 Å². The molecule has 0 saturated carbocycles. The van der Waals surface area contributed by atoms with Gasteiger partial charge in [0, 0.05) is 60.9 Å². The molecule has 0 aliphatic carbocycles. The number of carbonyl (C=O) groups excluding carboxylic acids is 2. The molecular formula is C21H27ClN4O3. The first-order valence-corrected chi connectivity index (χ1v) is 10.1. The van der Waals surface area contributed by atoms with Crippen LogP contribution in [0.1, 0.15) is 48.3 Å². The van der Waals surface area contributed by atoms with E-state index in [-0.39, 0.29) is 29.8 Å². The molecule has 1 aromatic carbocycles. The van der Waals surface area contributed by atoms with Gasteiger partial charge in [0.25, 0.3) is 5.91 Å². The third-order valence-electron chi connectivity index (χ3n) is 5.18. The Labute approximate surface area is 176 Å². The van der Waals surface area contributed by atoms with Crippen LogP contribution < -0.4 is 5.32 Å². The monoisotopic (exact) mass is 418 g/mol. The normalized spacial score (nSPS) is 19.2. The smallest absolute Gasteiger partial charge is 0.251 e. The van der Waals surface area contributed by atoms with Gasteiger partial charge in [0.1, 0.15) is 0 Å². The van der Waals surface area contributed by atoms with Crippen LogP contribution in [0.4, 0.5) is 0 Å². The summed E-state index contributed by atoms with van der Waals surface area (Å²) in [5.74, 6) is -0.189. The second-order valence-corrected chi connectivity index (χ2v) is 7.99. The van der Waals surface area contributed by atoms with Crippen molar-refractivity contribution in [1.82, 2.24) is 20.0 Å². The van der Waals surface area contributed by atoms with Gasteiger partial charge in [-0.25, -0.2) is 0 Å². The highest BCUT2D eigenvalue weighted by molar-refractivity contribution is 6.30. The molecule has 2 heterocycles. The van der Waals surface area contributed by atoms with Crippen LogP contribution in [0.15, 0.2) is 36.7 Å². The zero-order chi connectivity index (χ0) is 21.0. The summed E-state index contributed by atoms with van der Waals surface area (Å²) >= 11 is 5.98. The van der Waals surface area contributed by atoms with Crippen molar-refractivity contribution in [2.75, 3.05) is 26.8 Å². The molecule has 1 aliphatic heterocycles. The van der Waals surface area contributed by atoms with Crippen LogP contribution in [0, 0.1) is 5.92 Å². The predicted octanol–water partition coefficient (Wildman–Crippen LogP) is 3.08. The Balaban J connectivity index is 1.77. The van der Waals surface area contributed by atoms with E-state index in [1.807, 2.05) is 22.0 Å². The largest absolute Gasteiger partial charge is 0.383 e. The molecule has 1 aromatic heterocycles. The third-order valence-corrected chi connectivity index (χ3v) is 5.41. The molecule has 7 nitrogen and oxygen atoms in total. The molecule has 0 spiro atoms. The summed E-state index contributed by atoms with van der Waals surface area (Å²) in [5, 5.41) is 7.90. The number of nitrogens with zero attached hydrogens (tertiary/aromatic N) is 3. The van der Waals surface area contributed by atoms with Crippen molar-refractivity contribution in [1.29, 1.82) is 0 Å². The third kappa shape index (κ3) is 4.97. The van der Waals surface area contributed by atoms with Crippen molar-refractivity contribution in [3.05, 3.63) is 52.8 Å². The molecule has 1 saturated heterocycles. The number of amides is 2. The average molecular weight is 419 g/mol. The van der Waals surface area contributed by atoms with Gasteiger partial charge in [0.05, 0.1) is 18.8 Å². The lowest BCUT2D eigenvalue weighted by Crippen LogP contribution is -2.35. The fourth-order valence-electron chi connectivity index (χ4n) is 3.70. The number of ether oxygens (including phenoxy) is 1. The summed E-state index contributed by atoms with van der Waals surface area (Å²) < 4.78 is 7.07. The van der Waals surface area contributed by atoms with E-state index in [4.69, 9.17) is 16.3 Å². The number of rotatable bonds is 8. The second-order valence-electron chi connectivity index (χ2n) is 7.56. The summed E-state index contributed by atoms with van der Waals surface area (Å²) in [6.45, 7) is 5.47. The number of halogens is 1. The summed E-state index contributed by atoms with van der Waals surface area (Å²) in [4.78, 5) is 27.0. The number of carbonyl (C=O) groups is 2. The van der Waals surface area contributed by atoms with Crippen molar-refractivity contribution in [3.8, 4) is 0 Å². The molecule has 2 atom stereocenters. The van der Waals surface area contributed by atoms with Gasteiger partial charge >= 0.3 is 0 Å². The fraction of sp³-hybridized carbons (Fsp3) is 0.476. The highest BCUT2D eigenvalue weighted by Crippen LogP contribution is 2.37. The van der Waals surface area contributed by atoms with Crippen molar-refractivity contribution < 1.29 is 14.3 Å². The molecule has 0 unspecified atom stereocenters. The average Bonchev–Trinajstić information content (AvgIpc) is 3.29. The van der Waals surface area contributed by atoms with Crippen molar-refractivity contribution in [2.45, 2.75) is 32.4 Å². The summed E-state index contributed by atoms with van der Waals surface area (Å²) in [5.41, 5.74) is 1.48. The number of benzene rings is 1. The number of likely N-dealkylation sites (tertiary alicyclic amines) is 1. The molecule has 8 heteroatoms. The predicted molar refractivity (Wildman–Crippen MR) is 111 cm³/mol. The first-order chi connectivity index (χ1) is 13.9. The summed E-state index contributed by atoms with van der Waals surface area (Å²) in [7, 11) is 1.62. The molecule has 2 aromatic rings. The van der Waals surface area contributed by atoms with Gasteiger partial charge in [-0.05, 0) is 32.0 Å². The van der Waals surface area contributed by atoms with Gasteiger partial charge in [-0.1, -0.05) is 17.7 Å². The number of nitrogens with one attached hydrogen (secondary N) is 1. The first kappa shape index (κ1) is 21.3. The Morgan fingerprint density at radius 1 is 1.41 bits per heavy atom. The van der Waals surface area contributed by atoms with Gasteiger partial charge in [0.15, 0.2) is 0 Å². The van der Waals surface area contributed by atoms with E-state index in [9.17, 15) is 9.59 Å². The lowest BCUT2D eigenvalue weighted by Gasteiger charge is -2.27. The Hall–Kier alpha value is -2.38. The van der Waals surface area contributed by atoms with Crippen LogP contribution in [0.3, 0.4) is 0 Å². The van der Waals surface area contributed by atoms with Crippen LogP contribution in [0.5, 0.6) is 0 Å². The summed E-state index contributed by atoms with van der Waals surface area (Å²) in [6, 6.07) is 6.90. The fourth-order valence-corrected chi connectivity index (χ4v) is 3.89. The van der Waals surface area contributed by atoms with E-state index < -0.39 is 0 Å². The van der Waals surface area contributed by atoms with Gasteiger partial charge in [-0.3, -0.25) is 14.3 Å². The van der Waals surface area contributed by atoms with Crippen LogP contribution in [0.25, 0.3) is 0 Å². The van der Waals surface area contributed by atoms with E-state index in [0.29, 0.717) is 36.7 Å². The highest BCUT2D eigenvalue weighted by atomic mass is 35.5. The molecule has 156 valence electrons. The topological polar surface area (TPSA) is 76.5 Å². The van der Waals surface area contributed by atoms with Crippen molar-refractivity contribution >= 4 is 23.4 Å². The van der Waals surface area contributed by atoms with Gasteiger partial charge < -0.3 is 15.0 Å². The molecule has 0 bridgehead atoms. The maximum Gasteiger partial charge on any atom is 0.251 e. The molecule has 3 rings (SSSR count). The zero-order valence-corrected chi connectivity index (χ0v) is 17.7. The lowest BCUT2D eigenvalue weighted by atomic mass is 9.95. The zero-order valence-electron chi connectivity index (χ0n) is 17.0. The first-order valence-electron chi connectivity index (χ1n) is 9.77.